The van der Waals surface area contributed by atoms with Gasteiger partial charge in [-0.25, -0.2) is 0 Å². The molecule has 7 nitrogen and oxygen atoms in total. The molecule has 1 N–H and O–H groups in total. The quantitative estimate of drug-likeness (QED) is 0.486. The van der Waals surface area contributed by atoms with Crippen molar-refractivity contribution in [1.29, 1.82) is 0 Å². The van der Waals surface area contributed by atoms with Crippen LogP contribution in [-0.4, -0.2) is 93.2 Å². The van der Waals surface area contributed by atoms with Crippen LogP contribution in [0.4, 0.5) is 11.4 Å². The van der Waals surface area contributed by atoms with Crippen LogP contribution in [0.25, 0.3) is 11.1 Å². The standard InChI is InChI=1S/C33H41ClN6O/c1-23-20-25(34)5-7-27(23)24-4-9-30(35-22-24)33(41)36-26-6-8-28-29(21-26)32(40-18-14-38(3)15-19-40)11-10-31(28)39-16-12-37(2)13-17-39/h4-5,7,9-11,20,22,26H,6,8,12-19,21H2,1-3H3,(H,36,41)/t26-/m0/s1. The van der Waals surface area contributed by atoms with Crippen LogP contribution in [0, 0.1) is 6.92 Å². The van der Waals surface area contributed by atoms with Crippen molar-refractivity contribution in [2.75, 3.05) is 76.3 Å². The molecule has 0 unspecified atom stereocenters. The van der Waals surface area contributed by atoms with E-state index in [0.29, 0.717) is 5.69 Å². The minimum Gasteiger partial charge on any atom is -0.369 e. The fraction of sp³-hybridized carbons (Fsp3) is 0.455. The smallest absolute Gasteiger partial charge is 0.270 e. The summed E-state index contributed by atoms with van der Waals surface area (Å²) in [6.07, 6.45) is 4.56. The van der Waals surface area contributed by atoms with Gasteiger partial charge in [0.2, 0.25) is 0 Å². The number of likely N-dealkylation sites (N-methyl/N-ethyl adjacent to an activating group) is 2. The lowest BCUT2D eigenvalue weighted by atomic mass is 9.85. The first-order chi connectivity index (χ1) is 19.9. The van der Waals surface area contributed by atoms with Crippen LogP contribution in [0.2, 0.25) is 5.02 Å². The first-order valence-electron chi connectivity index (χ1n) is 14.9. The Kier molecular flexibility index (Phi) is 8.20. The molecular weight excluding hydrogens is 532 g/mol. The van der Waals surface area contributed by atoms with E-state index in [9.17, 15) is 4.79 Å². The SMILES string of the molecule is Cc1cc(Cl)ccc1-c1ccc(C(=O)N[C@H]2CCc3c(N4CCN(C)CC4)ccc(N4CCN(C)CC4)c3C2)nc1. The Bertz CT molecular complexity index is 1390. The van der Waals surface area contributed by atoms with Gasteiger partial charge in [0, 0.05) is 86.6 Å². The van der Waals surface area contributed by atoms with E-state index in [-0.39, 0.29) is 11.9 Å². The lowest BCUT2D eigenvalue weighted by Crippen LogP contribution is -2.47. The summed E-state index contributed by atoms with van der Waals surface area (Å²) in [5.41, 5.74) is 9.25. The summed E-state index contributed by atoms with van der Waals surface area (Å²) in [7, 11) is 4.41. The van der Waals surface area contributed by atoms with Gasteiger partial charge in [0.1, 0.15) is 5.69 Å². The molecule has 0 bridgehead atoms. The summed E-state index contributed by atoms with van der Waals surface area (Å²) in [5.74, 6) is -0.103. The third-order valence-electron chi connectivity index (χ3n) is 9.09. The summed E-state index contributed by atoms with van der Waals surface area (Å²) >= 11 is 6.13. The zero-order valence-electron chi connectivity index (χ0n) is 24.5. The topological polar surface area (TPSA) is 55.0 Å². The van der Waals surface area contributed by atoms with Crippen LogP contribution in [0.3, 0.4) is 0 Å². The minimum absolute atomic E-state index is 0.0870. The monoisotopic (exact) mass is 572 g/mol. The van der Waals surface area contributed by atoms with Crippen molar-refractivity contribution in [3.05, 3.63) is 76.1 Å². The Morgan fingerprint density at radius 2 is 1.49 bits per heavy atom. The summed E-state index contributed by atoms with van der Waals surface area (Å²) in [6.45, 7) is 10.6. The molecule has 41 heavy (non-hydrogen) atoms. The molecule has 1 aromatic heterocycles. The number of nitrogens with one attached hydrogen (secondary N) is 1. The van der Waals surface area contributed by atoms with Gasteiger partial charge in [0.05, 0.1) is 0 Å². The minimum atomic E-state index is -0.103. The van der Waals surface area contributed by atoms with E-state index in [1.54, 1.807) is 6.20 Å². The van der Waals surface area contributed by atoms with Gasteiger partial charge in [0.25, 0.3) is 5.91 Å². The van der Waals surface area contributed by atoms with Crippen molar-refractivity contribution in [1.82, 2.24) is 20.1 Å². The Morgan fingerprint density at radius 1 is 0.854 bits per heavy atom. The fourth-order valence-corrected chi connectivity index (χ4v) is 6.78. The zero-order valence-corrected chi connectivity index (χ0v) is 25.3. The molecule has 0 saturated carbocycles. The Balaban J connectivity index is 1.21. The molecular formula is C33H41ClN6O. The first-order valence-corrected chi connectivity index (χ1v) is 15.3. The number of carbonyl (C=O) groups is 1. The average molecular weight is 573 g/mol. The summed E-state index contributed by atoms with van der Waals surface area (Å²) in [5, 5.41) is 4.05. The molecule has 2 saturated heterocycles. The number of hydrogen-bond donors (Lipinski definition) is 1. The molecule has 2 aromatic carbocycles. The molecule has 1 atom stereocenters. The maximum Gasteiger partial charge on any atom is 0.270 e. The normalized spacial score (nSPS) is 20.1. The molecule has 2 fully saturated rings. The molecule has 0 radical (unpaired) electrons. The third-order valence-corrected chi connectivity index (χ3v) is 9.33. The number of rotatable bonds is 5. The second-order valence-corrected chi connectivity index (χ2v) is 12.4. The van der Waals surface area contributed by atoms with Crippen LogP contribution in [-0.2, 0) is 12.8 Å². The van der Waals surface area contributed by atoms with Gasteiger partial charge in [0.15, 0.2) is 0 Å². The molecule has 6 rings (SSSR count). The summed E-state index contributed by atoms with van der Waals surface area (Å²) in [6, 6.07) is 14.4. The highest BCUT2D eigenvalue weighted by Crippen LogP contribution is 2.38. The molecule has 3 aliphatic rings. The van der Waals surface area contributed by atoms with Crippen LogP contribution in [0.15, 0.2) is 48.7 Å². The average Bonchev–Trinajstić information content (AvgIpc) is 2.98. The van der Waals surface area contributed by atoms with Gasteiger partial charge in [-0.3, -0.25) is 9.78 Å². The van der Waals surface area contributed by atoms with Crippen LogP contribution < -0.4 is 15.1 Å². The Labute approximate surface area is 249 Å². The number of aryl methyl sites for hydroxylation is 1. The molecule has 0 spiro atoms. The molecule has 1 amide bonds. The van der Waals surface area contributed by atoms with Gasteiger partial charge in [-0.15, -0.1) is 0 Å². The molecule has 216 valence electrons. The maximum atomic E-state index is 13.3. The van der Waals surface area contributed by atoms with Gasteiger partial charge in [-0.1, -0.05) is 23.7 Å². The van der Waals surface area contributed by atoms with E-state index in [4.69, 9.17) is 11.6 Å². The predicted octanol–water partition coefficient (Wildman–Crippen LogP) is 4.50. The maximum absolute atomic E-state index is 13.3. The van der Waals surface area contributed by atoms with E-state index in [1.807, 2.05) is 37.3 Å². The highest BCUT2D eigenvalue weighted by atomic mass is 35.5. The lowest BCUT2D eigenvalue weighted by molar-refractivity contribution is 0.0928. The van der Waals surface area contributed by atoms with Crippen molar-refractivity contribution in [2.45, 2.75) is 32.2 Å². The van der Waals surface area contributed by atoms with Crippen LogP contribution in [0.5, 0.6) is 0 Å². The first kappa shape index (κ1) is 28.0. The number of anilines is 2. The van der Waals surface area contributed by atoms with Crippen molar-refractivity contribution >= 4 is 28.9 Å². The van der Waals surface area contributed by atoms with Gasteiger partial charge >= 0.3 is 0 Å². The van der Waals surface area contributed by atoms with Crippen molar-refractivity contribution < 1.29 is 4.79 Å². The number of benzene rings is 2. The van der Waals surface area contributed by atoms with E-state index in [2.05, 4.69) is 56.1 Å². The van der Waals surface area contributed by atoms with Gasteiger partial charge in [-0.05, 0) is 92.9 Å². The zero-order chi connectivity index (χ0) is 28.5. The summed E-state index contributed by atoms with van der Waals surface area (Å²) in [4.78, 5) is 27.8. The molecule has 3 aromatic rings. The molecule has 8 heteroatoms. The van der Waals surface area contributed by atoms with Crippen LogP contribution >= 0.6 is 11.6 Å². The highest BCUT2D eigenvalue weighted by Gasteiger charge is 2.30. The fourth-order valence-electron chi connectivity index (χ4n) is 6.55. The van der Waals surface area contributed by atoms with Crippen molar-refractivity contribution in [3.63, 3.8) is 0 Å². The number of halogens is 1. The van der Waals surface area contributed by atoms with E-state index in [1.165, 1.54) is 22.5 Å². The number of amides is 1. The molecule has 3 heterocycles. The number of aromatic nitrogens is 1. The Morgan fingerprint density at radius 3 is 2.07 bits per heavy atom. The highest BCUT2D eigenvalue weighted by molar-refractivity contribution is 6.30. The number of piperazine rings is 2. The van der Waals surface area contributed by atoms with E-state index in [0.717, 1.165) is 93.3 Å². The number of fused-ring (bicyclic) bond motifs is 1. The number of nitrogens with zero attached hydrogens (tertiary/aromatic N) is 5. The van der Waals surface area contributed by atoms with Gasteiger partial charge < -0.3 is 24.9 Å². The van der Waals surface area contributed by atoms with E-state index >= 15 is 0 Å². The predicted molar refractivity (Wildman–Crippen MR) is 169 cm³/mol. The third kappa shape index (κ3) is 6.08. The Hall–Kier alpha value is -3.13. The number of hydrogen-bond acceptors (Lipinski definition) is 6. The second kappa shape index (κ2) is 12.0. The summed E-state index contributed by atoms with van der Waals surface area (Å²) < 4.78 is 0. The van der Waals surface area contributed by atoms with Crippen molar-refractivity contribution in [2.24, 2.45) is 0 Å². The van der Waals surface area contributed by atoms with E-state index < -0.39 is 0 Å². The number of carbonyl (C=O) groups excluding carboxylic acids is 1. The van der Waals surface area contributed by atoms with Gasteiger partial charge in [-0.2, -0.15) is 0 Å². The lowest BCUT2D eigenvalue weighted by Gasteiger charge is -2.40. The number of pyridine rings is 1. The largest absolute Gasteiger partial charge is 0.369 e. The van der Waals surface area contributed by atoms with Crippen LogP contribution in [0.1, 0.15) is 33.6 Å². The second-order valence-electron chi connectivity index (χ2n) is 11.9. The van der Waals surface area contributed by atoms with Crippen molar-refractivity contribution in [3.8, 4) is 11.1 Å². The molecule has 1 aliphatic carbocycles. The molecule has 2 aliphatic heterocycles.